The van der Waals surface area contributed by atoms with E-state index < -0.39 is 0 Å². The van der Waals surface area contributed by atoms with Crippen molar-refractivity contribution < 1.29 is 19.1 Å². The molecule has 2 heterocycles. The van der Waals surface area contributed by atoms with Crippen LogP contribution in [0.25, 0.3) is 0 Å². The van der Waals surface area contributed by atoms with Gasteiger partial charge in [-0.25, -0.2) is 9.67 Å². The third kappa shape index (κ3) is 4.82. The van der Waals surface area contributed by atoms with Gasteiger partial charge in [-0.1, -0.05) is 0 Å². The lowest BCUT2D eigenvalue weighted by Crippen LogP contribution is -2.40. The summed E-state index contributed by atoms with van der Waals surface area (Å²) in [5.74, 6) is -0.444. The standard InChI is InChI=1S/C13H20N4O4/c1-20-13(19)4-5-16(7-11-3-2-6-21-11)12(18)8-17-10-14-9-15-17/h9-11H,2-8H2,1H3. The first-order valence-electron chi connectivity index (χ1n) is 6.97. The summed E-state index contributed by atoms with van der Waals surface area (Å²) in [6, 6.07) is 0. The molecule has 1 saturated heterocycles. The molecule has 0 spiro atoms. The largest absolute Gasteiger partial charge is 0.469 e. The Morgan fingerprint density at radius 2 is 2.38 bits per heavy atom. The summed E-state index contributed by atoms with van der Waals surface area (Å²) in [7, 11) is 1.34. The zero-order valence-corrected chi connectivity index (χ0v) is 12.1. The Bertz CT molecular complexity index is 457. The molecule has 8 nitrogen and oxygen atoms in total. The predicted octanol–water partition coefficient (Wildman–Crippen LogP) is -0.151. The van der Waals surface area contributed by atoms with Crippen molar-refractivity contribution in [2.75, 3.05) is 26.8 Å². The van der Waals surface area contributed by atoms with Crippen LogP contribution in [0.1, 0.15) is 19.3 Å². The molecule has 1 aliphatic heterocycles. The van der Waals surface area contributed by atoms with Crippen LogP contribution in [-0.4, -0.2) is 64.5 Å². The monoisotopic (exact) mass is 296 g/mol. The Morgan fingerprint density at radius 3 is 3.00 bits per heavy atom. The molecule has 0 aromatic carbocycles. The number of methoxy groups -OCH3 is 1. The summed E-state index contributed by atoms with van der Waals surface area (Å²) in [4.78, 5) is 29.0. The zero-order valence-electron chi connectivity index (χ0n) is 12.1. The Morgan fingerprint density at radius 1 is 1.52 bits per heavy atom. The Labute approximate surface area is 123 Å². The maximum Gasteiger partial charge on any atom is 0.307 e. The van der Waals surface area contributed by atoms with Crippen LogP contribution in [0.3, 0.4) is 0 Å². The Kier molecular flexibility index (Phi) is 5.68. The number of carbonyl (C=O) groups is 2. The van der Waals surface area contributed by atoms with E-state index in [0.717, 1.165) is 19.4 Å². The van der Waals surface area contributed by atoms with Gasteiger partial charge in [0.2, 0.25) is 5.91 Å². The Balaban J connectivity index is 1.92. The van der Waals surface area contributed by atoms with E-state index >= 15 is 0 Å². The molecule has 2 rings (SSSR count). The summed E-state index contributed by atoms with van der Waals surface area (Å²) in [5.41, 5.74) is 0. The molecular formula is C13H20N4O4. The molecule has 0 saturated carbocycles. The minimum absolute atomic E-state index is 0.0438. The van der Waals surface area contributed by atoms with Crippen molar-refractivity contribution in [2.45, 2.75) is 31.9 Å². The number of amides is 1. The van der Waals surface area contributed by atoms with Gasteiger partial charge in [-0.05, 0) is 12.8 Å². The van der Waals surface area contributed by atoms with Crippen molar-refractivity contribution in [3.63, 3.8) is 0 Å². The molecule has 1 atom stereocenters. The smallest absolute Gasteiger partial charge is 0.307 e. The maximum absolute atomic E-state index is 12.3. The fourth-order valence-electron chi connectivity index (χ4n) is 2.23. The zero-order chi connectivity index (χ0) is 15.1. The van der Waals surface area contributed by atoms with E-state index in [1.807, 2.05) is 0 Å². The average Bonchev–Trinajstić information content (AvgIpc) is 3.16. The lowest BCUT2D eigenvalue weighted by Gasteiger charge is -2.25. The van der Waals surface area contributed by atoms with Gasteiger partial charge in [0.05, 0.1) is 19.6 Å². The van der Waals surface area contributed by atoms with Crippen LogP contribution >= 0.6 is 0 Å². The molecule has 8 heteroatoms. The normalized spacial score (nSPS) is 17.7. The summed E-state index contributed by atoms with van der Waals surface area (Å²) in [6.07, 6.45) is 5.03. The molecule has 1 aromatic heterocycles. The number of rotatable bonds is 7. The summed E-state index contributed by atoms with van der Waals surface area (Å²) < 4.78 is 11.6. The van der Waals surface area contributed by atoms with Crippen LogP contribution in [0.15, 0.2) is 12.7 Å². The molecule has 0 aliphatic carbocycles. The highest BCUT2D eigenvalue weighted by molar-refractivity contribution is 5.77. The number of nitrogens with zero attached hydrogens (tertiary/aromatic N) is 4. The van der Waals surface area contributed by atoms with Gasteiger partial charge in [0.15, 0.2) is 0 Å². The van der Waals surface area contributed by atoms with Gasteiger partial charge in [0, 0.05) is 19.7 Å². The van der Waals surface area contributed by atoms with Crippen molar-refractivity contribution in [1.29, 1.82) is 0 Å². The molecule has 1 aliphatic rings. The third-order valence-electron chi connectivity index (χ3n) is 3.38. The second kappa shape index (κ2) is 7.72. The topological polar surface area (TPSA) is 86.5 Å². The highest BCUT2D eigenvalue weighted by Gasteiger charge is 2.23. The molecule has 21 heavy (non-hydrogen) atoms. The number of carbonyl (C=O) groups excluding carboxylic acids is 2. The van der Waals surface area contributed by atoms with E-state index in [-0.39, 0.29) is 30.9 Å². The van der Waals surface area contributed by atoms with Crippen LogP contribution in [0.4, 0.5) is 0 Å². The van der Waals surface area contributed by atoms with E-state index in [2.05, 4.69) is 14.8 Å². The highest BCUT2D eigenvalue weighted by atomic mass is 16.5. The van der Waals surface area contributed by atoms with Crippen molar-refractivity contribution in [2.24, 2.45) is 0 Å². The first kappa shape index (κ1) is 15.4. The highest BCUT2D eigenvalue weighted by Crippen LogP contribution is 2.14. The molecule has 1 amide bonds. The summed E-state index contributed by atoms with van der Waals surface area (Å²) >= 11 is 0. The van der Waals surface area contributed by atoms with Crippen molar-refractivity contribution in [1.82, 2.24) is 19.7 Å². The number of hydrogen-bond acceptors (Lipinski definition) is 6. The van der Waals surface area contributed by atoms with Crippen molar-refractivity contribution in [3.05, 3.63) is 12.7 Å². The number of esters is 1. The fraction of sp³-hybridized carbons (Fsp3) is 0.692. The van der Waals surface area contributed by atoms with E-state index in [9.17, 15) is 9.59 Å². The van der Waals surface area contributed by atoms with Gasteiger partial charge < -0.3 is 14.4 Å². The van der Waals surface area contributed by atoms with Crippen molar-refractivity contribution in [3.8, 4) is 0 Å². The molecule has 1 aromatic rings. The minimum Gasteiger partial charge on any atom is -0.469 e. The van der Waals surface area contributed by atoms with Gasteiger partial charge in [-0.2, -0.15) is 5.10 Å². The number of aromatic nitrogens is 3. The van der Waals surface area contributed by atoms with E-state index in [4.69, 9.17) is 4.74 Å². The number of hydrogen-bond donors (Lipinski definition) is 0. The van der Waals surface area contributed by atoms with Crippen LogP contribution in [0.5, 0.6) is 0 Å². The summed E-state index contributed by atoms with van der Waals surface area (Å²) in [6.45, 7) is 1.64. The van der Waals surface area contributed by atoms with Gasteiger partial charge in [0.25, 0.3) is 0 Å². The predicted molar refractivity (Wildman–Crippen MR) is 72.2 cm³/mol. The van der Waals surface area contributed by atoms with Crippen LogP contribution in [0, 0.1) is 0 Å². The van der Waals surface area contributed by atoms with E-state index in [1.165, 1.54) is 24.4 Å². The van der Waals surface area contributed by atoms with Crippen LogP contribution in [0.2, 0.25) is 0 Å². The first-order valence-corrected chi connectivity index (χ1v) is 6.97. The van der Waals surface area contributed by atoms with Crippen LogP contribution < -0.4 is 0 Å². The molecule has 1 unspecified atom stereocenters. The van der Waals surface area contributed by atoms with Crippen LogP contribution in [-0.2, 0) is 25.6 Å². The SMILES string of the molecule is COC(=O)CCN(CC1CCCO1)C(=O)Cn1cncn1. The third-order valence-corrected chi connectivity index (χ3v) is 3.38. The molecule has 0 N–H and O–H groups in total. The maximum atomic E-state index is 12.3. The van der Waals surface area contributed by atoms with Gasteiger partial charge in [0.1, 0.15) is 19.2 Å². The van der Waals surface area contributed by atoms with E-state index in [1.54, 1.807) is 4.90 Å². The molecule has 1 fully saturated rings. The van der Waals surface area contributed by atoms with Gasteiger partial charge in [-0.3, -0.25) is 9.59 Å². The average molecular weight is 296 g/mol. The van der Waals surface area contributed by atoms with E-state index in [0.29, 0.717) is 13.1 Å². The van der Waals surface area contributed by atoms with Gasteiger partial charge in [-0.15, -0.1) is 0 Å². The first-order chi connectivity index (χ1) is 10.2. The second-order valence-corrected chi connectivity index (χ2v) is 4.89. The molecule has 116 valence electrons. The lowest BCUT2D eigenvalue weighted by molar-refractivity contribution is -0.142. The lowest BCUT2D eigenvalue weighted by atomic mass is 10.2. The molecular weight excluding hydrogens is 276 g/mol. The minimum atomic E-state index is -0.333. The second-order valence-electron chi connectivity index (χ2n) is 4.89. The fourth-order valence-corrected chi connectivity index (χ4v) is 2.23. The quantitative estimate of drug-likeness (QED) is 0.650. The Hall–Kier alpha value is -1.96. The number of ether oxygens (including phenoxy) is 2. The molecule has 0 radical (unpaired) electrons. The van der Waals surface area contributed by atoms with Crippen molar-refractivity contribution >= 4 is 11.9 Å². The molecule has 0 bridgehead atoms. The van der Waals surface area contributed by atoms with Gasteiger partial charge >= 0.3 is 5.97 Å². The summed E-state index contributed by atoms with van der Waals surface area (Å²) in [5, 5.41) is 3.92.